The van der Waals surface area contributed by atoms with Crippen LogP contribution in [0.2, 0.25) is 0 Å². The molecule has 0 saturated carbocycles. The van der Waals surface area contributed by atoms with Gasteiger partial charge in [-0.3, -0.25) is 18.7 Å². The highest BCUT2D eigenvalue weighted by Gasteiger charge is 2.23. The van der Waals surface area contributed by atoms with Crippen molar-refractivity contribution >= 4 is 34.8 Å². The lowest BCUT2D eigenvalue weighted by Crippen LogP contribution is -2.32. The number of nitrogens with zero attached hydrogens (tertiary/aromatic N) is 5. The molecule has 1 N–H and O–H groups in total. The Labute approximate surface area is 168 Å². The smallest absolute Gasteiger partial charge is 0.280 e. The normalized spacial score (nSPS) is 14.0. The van der Waals surface area contributed by atoms with Crippen molar-refractivity contribution in [3.05, 3.63) is 10.4 Å². The van der Waals surface area contributed by atoms with Gasteiger partial charge in [0, 0.05) is 39.4 Å². The van der Waals surface area contributed by atoms with Gasteiger partial charge in [0.25, 0.3) is 5.56 Å². The first-order valence-electron chi connectivity index (χ1n) is 9.52. The summed E-state index contributed by atoms with van der Waals surface area (Å²) in [7, 11) is 1.72. The van der Waals surface area contributed by atoms with E-state index in [0.717, 1.165) is 31.9 Å². The molecular weight excluding hydrogens is 376 g/mol. The molecule has 0 unspecified atom stereocenters. The second-order valence-electron chi connectivity index (χ2n) is 6.73. The van der Waals surface area contributed by atoms with Crippen LogP contribution in [0.5, 0.6) is 0 Å². The van der Waals surface area contributed by atoms with E-state index in [2.05, 4.69) is 27.0 Å². The maximum absolute atomic E-state index is 13.1. The van der Waals surface area contributed by atoms with Crippen molar-refractivity contribution in [2.24, 2.45) is 7.05 Å². The summed E-state index contributed by atoms with van der Waals surface area (Å²) in [5, 5.41) is 3.35. The number of hydrogen-bond donors (Lipinski definition) is 1. The molecule has 9 heteroatoms. The number of thioether (sulfide) groups is 1. The molecule has 0 atom stereocenters. The van der Waals surface area contributed by atoms with Gasteiger partial charge in [0.05, 0.1) is 6.54 Å². The predicted molar refractivity (Wildman–Crippen MR) is 112 cm³/mol. The molecule has 0 aliphatic carbocycles. The molecule has 0 aromatic carbocycles. The van der Waals surface area contributed by atoms with Crippen molar-refractivity contribution in [2.45, 2.75) is 44.8 Å². The number of imidazole rings is 1. The summed E-state index contributed by atoms with van der Waals surface area (Å²) in [6.07, 6.45) is 3.47. The van der Waals surface area contributed by atoms with Gasteiger partial charge >= 0.3 is 0 Å². The number of carbonyl (C=O) groups is 1. The highest BCUT2D eigenvalue weighted by Crippen LogP contribution is 2.24. The summed E-state index contributed by atoms with van der Waals surface area (Å²) < 4.78 is 3.45. The highest BCUT2D eigenvalue weighted by molar-refractivity contribution is 7.99. The van der Waals surface area contributed by atoms with Crippen molar-refractivity contribution in [2.75, 3.05) is 30.3 Å². The average Bonchev–Trinajstić information content (AvgIpc) is 3.06. The second-order valence-corrected chi connectivity index (χ2v) is 7.80. The van der Waals surface area contributed by atoms with Crippen molar-refractivity contribution in [1.29, 1.82) is 0 Å². The molecule has 28 heavy (non-hydrogen) atoms. The fourth-order valence-corrected chi connectivity index (χ4v) is 4.09. The SMILES string of the molecule is CC#CCn1c(N2CCCCC2)nc2nc(SCCNC(C)=O)n(C)c(=O)c21. The lowest BCUT2D eigenvalue weighted by atomic mass is 10.1. The Morgan fingerprint density at radius 3 is 2.68 bits per heavy atom. The van der Waals surface area contributed by atoms with Crippen molar-refractivity contribution < 1.29 is 4.79 Å². The molecule has 1 amide bonds. The Balaban J connectivity index is 1.99. The quantitative estimate of drug-likeness (QED) is 0.340. The zero-order chi connectivity index (χ0) is 20.1. The van der Waals surface area contributed by atoms with Gasteiger partial charge in [-0.05, 0) is 26.2 Å². The van der Waals surface area contributed by atoms with E-state index in [9.17, 15) is 9.59 Å². The zero-order valence-corrected chi connectivity index (χ0v) is 17.4. The minimum Gasteiger partial charge on any atom is -0.356 e. The number of piperidine rings is 1. The monoisotopic (exact) mass is 402 g/mol. The van der Waals surface area contributed by atoms with Crippen LogP contribution in [0.1, 0.15) is 33.1 Å². The number of rotatable bonds is 6. The Kier molecular flexibility index (Phi) is 6.62. The lowest BCUT2D eigenvalue weighted by Gasteiger charge is -2.27. The van der Waals surface area contributed by atoms with Crippen LogP contribution in [-0.4, -0.2) is 50.4 Å². The van der Waals surface area contributed by atoms with Gasteiger partial charge in [0.15, 0.2) is 16.3 Å². The van der Waals surface area contributed by atoms with Crippen LogP contribution in [0.3, 0.4) is 0 Å². The Bertz CT molecular complexity index is 978. The largest absolute Gasteiger partial charge is 0.356 e. The molecular formula is C19H26N6O2S. The average molecular weight is 403 g/mol. The van der Waals surface area contributed by atoms with Gasteiger partial charge in [-0.15, -0.1) is 5.92 Å². The van der Waals surface area contributed by atoms with E-state index < -0.39 is 0 Å². The number of hydrogen-bond acceptors (Lipinski definition) is 6. The Morgan fingerprint density at radius 1 is 1.25 bits per heavy atom. The van der Waals surface area contributed by atoms with Crippen LogP contribution in [-0.2, 0) is 18.4 Å². The summed E-state index contributed by atoms with van der Waals surface area (Å²) in [4.78, 5) is 35.7. The molecule has 0 radical (unpaired) electrons. The van der Waals surface area contributed by atoms with Crippen LogP contribution in [0, 0.1) is 11.8 Å². The van der Waals surface area contributed by atoms with Gasteiger partial charge < -0.3 is 10.2 Å². The maximum Gasteiger partial charge on any atom is 0.280 e. The molecule has 0 bridgehead atoms. The fraction of sp³-hybridized carbons (Fsp3) is 0.579. The van der Waals surface area contributed by atoms with Crippen molar-refractivity contribution in [1.82, 2.24) is 24.4 Å². The van der Waals surface area contributed by atoms with Crippen molar-refractivity contribution in [3.8, 4) is 11.8 Å². The molecule has 1 fully saturated rings. The predicted octanol–water partition coefficient (Wildman–Crippen LogP) is 1.37. The van der Waals surface area contributed by atoms with Gasteiger partial charge in [-0.25, -0.2) is 4.98 Å². The summed E-state index contributed by atoms with van der Waals surface area (Å²) in [5.41, 5.74) is 0.835. The van der Waals surface area contributed by atoms with E-state index in [1.807, 2.05) is 4.57 Å². The lowest BCUT2D eigenvalue weighted by molar-refractivity contribution is -0.118. The molecule has 3 rings (SSSR count). The standard InChI is InChI=1S/C19H26N6O2S/c1-4-5-12-25-15-16(21-18(25)24-10-7-6-8-11-24)22-19(23(3)17(15)27)28-13-9-20-14(2)26/h6-13H2,1-3H3,(H,20,26). The molecule has 2 aromatic rings. The summed E-state index contributed by atoms with van der Waals surface area (Å²) >= 11 is 1.43. The first-order valence-corrected chi connectivity index (χ1v) is 10.5. The second kappa shape index (κ2) is 9.15. The third-order valence-corrected chi connectivity index (χ3v) is 5.72. The minimum atomic E-state index is -0.124. The Hall–Kier alpha value is -2.47. The van der Waals surface area contributed by atoms with Gasteiger partial charge in [-0.1, -0.05) is 17.7 Å². The van der Waals surface area contributed by atoms with E-state index >= 15 is 0 Å². The molecule has 0 spiro atoms. The number of aromatic nitrogens is 4. The summed E-state index contributed by atoms with van der Waals surface area (Å²) in [6, 6.07) is 0. The Morgan fingerprint density at radius 2 is 2.00 bits per heavy atom. The van der Waals surface area contributed by atoms with Gasteiger partial charge in [0.1, 0.15) is 0 Å². The number of anilines is 1. The molecule has 3 heterocycles. The number of nitrogens with one attached hydrogen (secondary N) is 1. The van der Waals surface area contributed by atoms with Crippen LogP contribution in [0.4, 0.5) is 5.95 Å². The maximum atomic E-state index is 13.1. The fourth-order valence-electron chi connectivity index (χ4n) is 3.27. The summed E-state index contributed by atoms with van der Waals surface area (Å²) in [5.74, 6) is 7.31. The molecule has 2 aromatic heterocycles. The van der Waals surface area contributed by atoms with Crippen LogP contribution >= 0.6 is 11.8 Å². The third-order valence-electron chi connectivity index (χ3n) is 4.68. The van der Waals surface area contributed by atoms with E-state index in [4.69, 9.17) is 4.98 Å². The first-order chi connectivity index (χ1) is 13.5. The van der Waals surface area contributed by atoms with Crippen molar-refractivity contribution in [3.63, 3.8) is 0 Å². The number of fused-ring (bicyclic) bond motifs is 1. The van der Waals surface area contributed by atoms with Gasteiger partial charge in [0.2, 0.25) is 11.9 Å². The molecule has 1 aliphatic rings. The van der Waals surface area contributed by atoms with Crippen LogP contribution in [0.15, 0.2) is 9.95 Å². The molecule has 1 aliphatic heterocycles. The first kappa shape index (κ1) is 20.3. The zero-order valence-electron chi connectivity index (χ0n) is 16.6. The number of carbonyl (C=O) groups excluding carboxylic acids is 1. The number of amides is 1. The summed E-state index contributed by atoms with van der Waals surface area (Å²) in [6.45, 7) is 6.08. The molecule has 1 saturated heterocycles. The minimum absolute atomic E-state index is 0.0696. The van der Waals surface area contributed by atoms with Gasteiger partial charge in [-0.2, -0.15) is 4.98 Å². The third kappa shape index (κ3) is 4.33. The van der Waals surface area contributed by atoms with Crippen LogP contribution in [0.25, 0.3) is 11.2 Å². The van der Waals surface area contributed by atoms with E-state index in [1.54, 1.807) is 18.5 Å². The van der Waals surface area contributed by atoms with E-state index in [0.29, 0.717) is 35.2 Å². The highest BCUT2D eigenvalue weighted by atomic mass is 32.2. The topological polar surface area (TPSA) is 85.1 Å². The van der Waals surface area contributed by atoms with E-state index in [1.165, 1.54) is 25.1 Å². The van der Waals surface area contributed by atoms with Crippen LogP contribution < -0.4 is 15.8 Å². The molecule has 8 nitrogen and oxygen atoms in total. The molecule has 150 valence electrons. The van der Waals surface area contributed by atoms with E-state index in [-0.39, 0.29) is 11.5 Å².